The molecule has 0 atom stereocenters. The van der Waals surface area contributed by atoms with Crippen LogP contribution in [0.15, 0.2) is 77.7 Å². The molecular weight excluding hydrogens is 527 g/mol. The lowest BCUT2D eigenvalue weighted by Crippen LogP contribution is -2.41. The first-order valence-corrected chi connectivity index (χ1v) is 14.3. The van der Waals surface area contributed by atoms with Crippen LogP contribution in [0.2, 0.25) is 10.0 Å². The maximum absolute atomic E-state index is 13.4. The minimum Gasteiger partial charge on any atom is -0.494 e. The SMILES string of the molecule is CCOc1ccc(S(=O)(=O)N(CC(=O)NCCSCc2ccc(Cl)cc2Cl)c2ccccc2)cc1. The van der Waals surface area contributed by atoms with E-state index in [0.717, 1.165) is 9.87 Å². The van der Waals surface area contributed by atoms with Crippen molar-refractivity contribution in [3.63, 3.8) is 0 Å². The molecule has 3 aromatic rings. The van der Waals surface area contributed by atoms with E-state index in [-0.39, 0.29) is 11.4 Å². The third-order valence-corrected chi connectivity index (χ3v) is 8.28. The average Bonchev–Trinajstić information content (AvgIpc) is 2.84. The van der Waals surface area contributed by atoms with E-state index in [1.807, 2.05) is 13.0 Å². The largest absolute Gasteiger partial charge is 0.494 e. The van der Waals surface area contributed by atoms with Crippen LogP contribution in [0.1, 0.15) is 12.5 Å². The molecule has 1 amide bonds. The molecule has 186 valence electrons. The summed E-state index contributed by atoms with van der Waals surface area (Å²) < 4.78 is 33.3. The zero-order valence-corrected chi connectivity index (χ0v) is 22.3. The number of amides is 1. The zero-order chi connectivity index (χ0) is 25.3. The first-order valence-electron chi connectivity index (χ1n) is 10.9. The molecule has 0 spiro atoms. The predicted molar refractivity (Wildman–Crippen MR) is 144 cm³/mol. The Morgan fingerprint density at radius 3 is 2.40 bits per heavy atom. The Balaban J connectivity index is 1.62. The first kappa shape index (κ1) is 27.2. The molecule has 0 bridgehead atoms. The Kier molecular flexibility index (Phi) is 10.2. The van der Waals surface area contributed by atoms with Crippen molar-refractivity contribution in [1.29, 1.82) is 0 Å². The Bertz CT molecular complexity index is 1220. The van der Waals surface area contributed by atoms with E-state index >= 15 is 0 Å². The molecule has 0 fully saturated rings. The minimum atomic E-state index is -3.97. The third-order valence-electron chi connectivity index (χ3n) is 4.90. The fraction of sp³-hybridized carbons (Fsp3) is 0.240. The molecule has 1 N–H and O–H groups in total. The van der Waals surface area contributed by atoms with Crippen LogP contribution in [0, 0.1) is 0 Å². The maximum atomic E-state index is 13.4. The number of hydrogen-bond acceptors (Lipinski definition) is 5. The molecule has 3 aromatic carbocycles. The number of nitrogens with zero attached hydrogens (tertiary/aromatic N) is 1. The summed E-state index contributed by atoms with van der Waals surface area (Å²) in [6.45, 7) is 2.38. The van der Waals surface area contributed by atoms with Gasteiger partial charge in [-0.25, -0.2) is 8.42 Å². The molecular formula is C25H26Cl2N2O4S2. The van der Waals surface area contributed by atoms with Crippen molar-refractivity contribution >= 4 is 56.6 Å². The molecule has 0 aliphatic carbocycles. The minimum absolute atomic E-state index is 0.0769. The van der Waals surface area contributed by atoms with Crippen molar-refractivity contribution in [2.24, 2.45) is 0 Å². The third kappa shape index (κ3) is 7.80. The van der Waals surface area contributed by atoms with Crippen LogP contribution < -0.4 is 14.4 Å². The smallest absolute Gasteiger partial charge is 0.264 e. The molecule has 0 saturated heterocycles. The second-order valence-corrected chi connectivity index (χ2v) is 11.2. The molecule has 0 saturated carbocycles. The van der Waals surface area contributed by atoms with Gasteiger partial charge in [-0.3, -0.25) is 9.10 Å². The van der Waals surface area contributed by atoms with Gasteiger partial charge in [0, 0.05) is 28.1 Å². The van der Waals surface area contributed by atoms with Crippen molar-refractivity contribution in [3.8, 4) is 5.75 Å². The van der Waals surface area contributed by atoms with E-state index in [9.17, 15) is 13.2 Å². The average molecular weight is 554 g/mol. The van der Waals surface area contributed by atoms with Crippen LogP contribution in [0.5, 0.6) is 5.75 Å². The van der Waals surface area contributed by atoms with Crippen molar-refractivity contribution < 1.29 is 17.9 Å². The van der Waals surface area contributed by atoms with Gasteiger partial charge in [0.1, 0.15) is 12.3 Å². The van der Waals surface area contributed by atoms with Crippen LogP contribution >= 0.6 is 35.0 Å². The number of halogens is 2. The molecule has 0 aliphatic rings. The normalized spacial score (nSPS) is 11.2. The molecule has 0 unspecified atom stereocenters. The van der Waals surface area contributed by atoms with E-state index in [1.165, 1.54) is 12.1 Å². The topological polar surface area (TPSA) is 75.7 Å². The number of rotatable bonds is 12. The Labute approximate surface area is 220 Å². The summed E-state index contributed by atoms with van der Waals surface area (Å²) in [6, 6.07) is 20.1. The fourth-order valence-electron chi connectivity index (χ4n) is 3.18. The van der Waals surface area contributed by atoms with Crippen LogP contribution in [-0.2, 0) is 20.6 Å². The van der Waals surface area contributed by atoms with Crippen molar-refractivity contribution in [2.75, 3.05) is 29.8 Å². The highest BCUT2D eigenvalue weighted by Gasteiger charge is 2.27. The highest BCUT2D eigenvalue weighted by molar-refractivity contribution is 7.98. The van der Waals surface area contributed by atoms with Gasteiger partial charge in [-0.05, 0) is 61.0 Å². The van der Waals surface area contributed by atoms with Gasteiger partial charge in [0.25, 0.3) is 10.0 Å². The van der Waals surface area contributed by atoms with E-state index in [4.69, 9.17) is 27.9 Å². The second-order valence-electron chi connectivity index (χ2n) is 7.39. The predicted octanol–water partition coefficient (Wildman–Crippen LogP) is 5.64. The monoisotopic (exact) mass is 552 g/mol. The Hall–Kier alpha value is -2.39. The van der Waals surface area contributed by atoms with E-state index in [2.05, 4.69) is 5.32 Å². The van der Waals surface area contributed by atoms with Crippen molar-refractivity contribution in [2.45, 2.75) is 17.6 Å². The standard InChI is InChI=1S/C25H26Cl2N2O4S2/c1-2-33-22-10-12-23(13-11-22)35(31,32)29(21-6-4-3-5-7-21)17-25(30)28-14-15-34-18-19-8-9-20(26)16-24(19)27/h3-13,16H,2,14-15,17-18H2,1H3,(H,28,30). The molecule has 35 heavy (non-hydrogen) atoms. The van der Waals surface area contributed by atoms with Crippen LogP contribution in [-0.4, -0.2) is 39.8 Å². The summed E-state index contributed by atoms with van der Waals surface area (Å²) in [5.74, 6) is 1.50. The van der Waals surface area contributed by atoms with Crippen LogP contribution in [0.25, 0.3) is 0 Å². The highest BCUT2D eigenvalue weighted by atomic mass is 35.5. The number of benzene rings is 3. The molecule has 0 radical (unpaired) electrons. The Morgan fingerprint density at radius 2 is 1.74 bits per heavy atom. The number of sulfonamides is 1. The molecule has 6 nitrogen and oxygen atoms in total. The van der Waals surface area contributed by atoms with E-state index < -0.39 is 15.9 Å². The van der Waals surface area contributed by atoms with Gasteiger partial charge in [-0.15, -0.1) is 0 Å². The zero-order valence-electron chi connectivity index (χ0n) is 19.1. The number of anilines is 1. The number of carbonyl (C=O) groups is 1. The van der Waals surface area contributed by atoms with Gasteiger partial charge < -0.3 is 10.1 Å². The second kappa shape index (κ2) is 13.1. The van der Waals surface area contributed by atoms with Gasteiger partial charge in [-0.2, -0.15) is 11.8 Å². The number of hydrogen-bond donors (Lipinski definition) is 1. The maximum Gasteiger partial charge on any atom is 0.264 e. The number of carbonyl (C=O) groups excluding carboxylic acids is 1. The molecule has 10 heteroatoms. The Morgan fingerprint density at radius 1 is 1.03 bits per heavy atom. The summed E-state index contributed by atoms with van der Waals surface area (Å²) in [5, 5.41) is 3.99. The number of thioether (sulfide) groups is 1. The number of ether oxygens (including phenoxy) is 1. The lowest BCUT2D eigenvalue weighted by atomic mass is 10.2. The summed E-state index contributed by atoms with van der Waals surface area (Å²) in [4.78, 5) is 12.8. The van der Waals surface area contributed by atoms with Gasteiger partial charge in [-0.1, -0.05) is 47.5 Å². The van der Waals surface area contributed by atoms with Crippen molar-refractivity contribution in [1.82, 2.24) is 5.32 Å². The molecule has 0 aliphatic heterocycles. The van der Waals surface area contributed by atoms with Gasteiger partial charge in [0.05, 0.1) is 17.2 Å². The molecule has 0 aromatic heterocycles. The molecule has 0 heterocycles. The van der Waals surface area contributed by atoms with Gasteiger partial charge in [0.15, 0.2) is 0 Å². The number of nitrogens with one attached hydrogen (secondary N) is 1. The van der Waals surface area contributed by atoms with Gasteiger partial charge in [0.2, 0.25) is 5.91 Å². The summed E-state index contributed by atoms with van der Waals surface area (Å²) in [5.41, 5.74) is 1.37. The van der Waals surface area contributed by atoms with Crippen molar-refractivity contribution in [3.05, 3.63) is 88.4 Å². The lowest BCUT2D eigenvalue weighted by molar-refractivity contribution is -0.119. The summed E-state index contributed by atoms with van der Waals surface area (Å²) in [6.07, 6.45) is 0. The highest BCUT2D eigenvalue weighted by Crippen LogP contribution is 2.26. The van der Waals surface area contributed by atoms with E-state index in [1.54, 1.807) is 66.4 Å². The first-order chi connectivity index (χ1) is 16.8. The molecule has 3 rings (SSSR count). The lowest BCUT2D eigenvalue weighted by Gasteiger charge is -2.24. The summed E-state index contributed by atoms with van der Waals surface area (Å²) in [7, 11) is -3.97. The van der Waals surface area contributed by atoms with Gasteiger partial charge >= 0.3 is 0 Å². The quantitative estimate of drug-likeness (QED) is 0.294. The summed E-state index contributed by atoms with van der Waals surface area (Å²) >= 11 is 13.7. The van der Waals surface area contributed by atoms with Crippen LogP contribution in [0.3, 0.4) is 0 Å². The fourth-order valence-corrected chi connectivity index (χ4v) is 6.02. The van der Waals surface area contributed by atoms with E-state index in [0.29, 0.717) is 46.1 Å². The van der Waals surface area contributed by atoms with Crippen LogP contribution in [0.4, 0.5) is 5.69 Å². The number of para-hydroxylation sites is 1.